The Labute approximate surface area is 159 Å². The Hall–Kier alpha value is -2.90. The van der Waals surface area contributed by atoms with E-state index in [1.54, 1.807) is 4.90 Å². The molecule has 1 fully saturated rings. The van der Waals surface area contributed by atoms with E-state index in [0.29, 0.717) is 25.9 Å². The van der Waals surface area contributed by atoms with Crippen LogP contribution in [0.3, 0.4) is 0 Å². The van der Waals surface area contributed by atoms with E-state index < -0.39 is 17.6 Å². The summed E-state index contributed by atoms with van der Waals surface area (Å²) in [7, 11) is 0. The van der Waals surface area contributed by atoms with E-state index in [-0.39, 0.29) is 29.0 Å². The molecule has 1 N–H and O–H groups in total. The predicted octanol–water partition coefficient (Wildman–Crippen LogP) is 4.34. The molecule has 2 aromatic rings. The van der Waals surface area contributed by atoms with Gasteiger partial charge < -0.3 is 10.2 Å². The van der Waals surface area contributed by atoms with Crippen LogP contribution in [0.2, 0.25) is 0 Å². The fourth-order valence-corrected chi connectivity index (χ4v) is 3.14. The van der Waals surface area contributed by atoms with Crippen molar-refractivity contribution in [3.63, 3.8) is 0 Å². The number of nitrogens with one attached hydrogen (secondary N) is 1. The lowest BCUT2D eigenvalue weighted by atomic mass is 9.95. The predicted molar refractivity (Wildman–Crippen MR) is 95.1 cm³/mol. The first-order valence-electron chi connectivity index (χ1n) is 8.77. The number of rotatable bonds is 3. The topological polar surface area (TPSA) is 49.4 Å². The lowest BCUT2D eigenvalue weighted by molar-refractivity contribution is -0.137. The van der Waals surface area contributed by atoms with Gasteiger partial charge in [-0.15, -0.1) is 0 Å². The van der Waals surface area contributed by atoms with Crippen LogP contribution in [-0.4, -0.2) is 29.8 Å². The maximum absolute atomic E-state index is 13.3. The second-order valence-corrected chi connectivity index (χ2v) is 6.64. The molecule has 1 saturated heterocycles. The molecule has 2 aromatic carbocycles. The minimum Gasteiger partial charge on any atom is -0.339 e. The molecule has 2 amide bonds. The number of hydrogen-bond donors (Lipinski definition) is 1. The van der Waals surface area contributed by atoms with E-state index in [0.717, 1.165) is 12.1 Å². The van der Waals surface area contributed by atoms with Crippen LogP contribution in [0.5, 0.6) is 0 Å². The molecular formula is C20H18F4N2O2. The Morgan fingerprint density at radius 3 is 2.21 bits per heavy atom. The van der Waals surface area contributed by atoms with Crippen molar-refractivity contribution < 1.29 is 27.2 Å². The van der Waals surface area contributed by atoms with Crippen LogP contribution in [-0.2, 0) is 11.0 Å². The van der Waals surface area contributed by atoms with Gasteiger partial charge in [0.1, 0.15) is 5.82 Å². The van der Waals surface area contributed by atoms with Gasteiger partial charge >= 0.3 is 6.18 Å². The standard InChI is InChI=1S/C20H18F4N2O2/c21-16-3-1-2-14(12-16)19(28)26-10-8-13(9-11-26)18(27)25-17-6-4-15(5-7-17)20(22,23)24/h1-7,12-13H,8-11H2,(H,25,27). The summed E-state index contributed by atoms with van der Waals surface area (Å²) < 4.78 is 51.0. The van der Waals surface area contributed by atoms with Gasteiger partial charge in [0.25, 0.3) is 5.91 Å². The average Bonchev–Trinajstić information content (AvgIpc) is 2.67. The zero-order chi connectivity index (χ0) is 20.3. The highest BCUT2D eigenvalue weighted by atomic mass is 19.4. The van der Waals surface area contributed by atoms with E-state index >= 15 is 0 Å². The summed E-state index contributed by atoms with van der Waals surface area (Å²) in [4.78, 5) is 26.3. The van der Waals surface area contributed by atoms with Gasteiger partial charge in [-0.3, -0.25) is 9.59 Å². The minimum absolute atomic E-state index is 0.257. The molecule has 1 aliphatic heterocycles. The van der Waals surface area contributed by atoms with E-state index in [1.165, 1.54) is 36.4 Å². The Balaban J connectivity index is 1.54. The number of anilines is 1. The normalized spacial score (nSPS) is 15.4. The van der Waals surface area contributed by atoms with Crippen molar-refractivity contribution >= 4 is 17.5 Å². The SMILES string of the molecule is O=C(Nc1ccc(C(F)(F)F)cc1)C1CCN(C(=O)c2cccc(F)c2)CC1. The molecule has 1 heterocycles. The fourth-order valence-electron chi connectivity index (χ4n) is 3.14. The second kappa shape index (κ2) is 8.00. The monoisotopic (exact) mass is 394 g/mol. The molecule has 1 aliphatic rings. The molecule has 0 atom stereocenters. The number of amides is 2. The van der Waals surface area contributed by atoms with Crippen molar-refractivity contribution in [2.24, 2.45) is 5.92 Å². The molecule has 3 rings (SSSR count). The van der Waals surface area contributed by atoms with Crippen LogP contribution in [0.1, 0.15) is 28.8 Å². The van der Waals surface area contributed by atoms with Gasteiger partial charge in [0, 0.05) is 30.3 Å². The summed E-state index contributed by atoms with van der Waals surface area (Å²) in [6.07, 6.45) is -3.58. The molecule has 0 unspecified atom stereocenters. The molecule has 148 valence electrons. The Morgan fingerprint density at radius 1 is 1.00 bits per heavy atom. The molecule has 0 spiro atoms. The summed E-state index contributed by atoms with van der Waals surface area (Å²) in [5, 5.41) is 2.61. The van der Waals surface area contributed by atoms with Crippen LogP contribution in [0, 0.1) is 11.7 Å². The van der Waals surface area contributed by atoms with E-state index in [9.17, 15) is 27.2 Å². The summed E-state index contributed by atoms with van der Waals surface area (Å²) in [6, 6.07) is 9.68. The number of alkyl halides is 3. The van der Waals surface area contributed by atoms with Crippen LogP contribution < -0.4 is 5.32 Å². The van der Waals surface area contributed by atoms with Gasteiger partial charge in [-0.25, -0.2) is 4.39 Å². The van der Waals surface area contributed by atoms with Crippen LogP contribution in [0.4, 0.5) is 23.2 Å². The van der Waals surface area contributed by atoms with Crippen molar-refractivity contribution in [2.75, 3.05) is 18.4 Å². The number of nitrogens with zero attached hydrogens (tertiary/aromatic N) is 1. The van der Waals surface area contributed by atoms with Gasteiger partial charge in [0.2, 0.25) is 5.91 Å². The number of halogens is 4. The molecule has 8 heteroatoms. The zero-order valence-corrected chi connectivity index (χ0v) is 14.8. The molecule has 28 heavy (non-hydrogen) atoms. The first kappa shape index (κ1) is 19.9. The van der Waals surface area contributed by atoms with Crippen molar-refractivity contribution in [1.29, 1.82) is 0 Å². The van der Waals surface area contributed by atoms with Crippen LogP contribution >= 0.6 is 0 Å². The number of hydrogen-bond acceptors (Lipinski definition) is 2. The first-order chi connectivity index (χ1) is 13.2. The minimum atomic E-state index is -4.43. The Morgan fingerprint density at radius 2 is 1.64 bits per heavy atom. The lowest BCUT2D eigenvalue weighted by Gasteiger charge is -2.31. The fraction of sp³-hybridized carbons (Fsp3) is 0.300. The van der Waals surface area contributed by atoms with Gasteiger partial charge in [0.05, 0.1) is 5.56 Å². The molecule has 0 saturated carbocycles. The number of piperidine rings is 1. The third-order valence-electron chi connectivity index (χ3n) is 4.70. The third kappa shape index (κ3) is 4.68. The van der Waals surface area contributed by atoms with Crippen molar-refractivity contribution in [1.82, 2.24) is 4.90 Å². The van der Waals surface area contributed by atoms with Crippen molar-refractivity contribution in [3.8, 4) is 0 Å². The summed E-state index contributed by atoms with van der Waals surface area (Å²) in [5.41, 5.74) is -0.237. The van der Waals surface area contributed by atoms with Crippen molar-refractivity contribution in [3.05, 3.63) is 65.5 Å². The molecule has 4 nitrogen and oxygen atoms in total. The number of likely N-dealkylation sites (tertiary alicyclic amines) is 1. The van der Waals surface area contributed by atoms with Crippen molar-refractivity contribution in [2.45, 2.75) is 19.0 Å². The molecule has 0 radical (unpaired) electrons. The van der Waals surface area contributed by atoms with E-state index in [2.05, 4.69) is 5.32 Å². The van der Waals surface area contributed by atoms with E-state index in [4.69, 9.17) is 0 Å². The smallest absolute Gasteiger partial charge is 0.339 e. The molecule has 0 bridgehead atoms. The van der Waals surface area contributed by atoms with Crippen LogP contribution in [0.15, 0.2) is 48.5 Å². The third-order valence-corrected chi connectivity index (χ3v) is 4.70. The van der Waals surface area contributed by atoms with Gasteiger partial charge in [-0.2, -0.15) is 13.2 Å². The number of benzene rings is 2. The molecule has 0 aliphatic carbocycles. The highest BCUT2D eigenvalue weighted by molar-refractivity contribution is 5.95. The number of carbonyl (C=O) groups excluding carboxylic acids is 2. The summed E-state index contributed by atoms with van der Waals surface area (Å²) >= 11 is 0. The Bertz CT molecular complexity index is 857. The highest BCUT2D eigenvalue weighted by Crippen LogP contribution is 2.30. The molecule has 0 aromatic heterocycles. The maximum atomic E-state index is 13.3. The first-order valence-corrected chi connectivity index (χ1v) is 8.77. The average molecular weight is 394 g/mol. The zero-order valence-electron chi connectivity index (χ0n) is 14.8. The maximum Gasteiger partial charge on any atom is 0.416 e. The largest absolute Gasteiger partial charge is 0.416 e. The highest BCUT2D eigenvalue weighted by Gasteiger charge is 2.31. The lowest BCUT2D eigenvalue weighted by Crippen LogP contribution is -2.41. The van der Waals surface area contributed by atoms with E-state index in [1.807, 2.05) is 0 Å². The number of carbonyl (C=O) groups is 2. The van der Waals surface area contributed by atoms with Gasteiger partial charge in [-0.05, 0) is 55.3 Å². The molecular weight excluding hydrogens is 376 g/mol. The summed E-state index contributed by atoms with van der Waals surface area (Å²) in [6.45, 7) is 0.695. The summed E-state index contributed by atoms with van der Waals surface area (Å²) in [5.74, 6) is -1.42. The Kier molecular flexibility index (Phi) is 5.67. The van der Waals surface area contributed by atoms with Crippen LogP contribution in [0.25, 0.3) is 0 Å². The quantitative estimate of drug-likeness (QED) is 0.788. The second-order valence-electron chi connectivity index (χ2n) is 6.64. The van der Waals surface area contributed by atoms with Gasteiger partial charge in [0.15, 0.2) is 0 Å². The van der Waals surface area contributed by atoms with Gasteiger partial charge in [-0.1, -0.05) is 6.07 Å².